The number of nitrogens with zero attached hydrogens (tertiary/aromatic N) is 1. The van der Waals surface area contributed by atoms with Crippen LogP contribution >= 0.6 is 28.1 Å². The van der Waals surface area contributed by atoms with E-state index in [9.17, 15) is 0 Å². The van der Waals surface area contributed by atoms with Crippen molar-refractivity contribution in [1.82, 2.24) is 9.71 Å². The molecular formula is C10H16BrN3S. The summed E-state index contributed by atoms with van der Waals surface area (Å²) < 4.78 is 7.46. The highest BCUT2D eigenvalue weighted by atomic mass is 79.9. The first-order valence-electron chi connectivity index (χ1n) is 5.01. The van der Waals surface area contributed by atoms with Crippen molar-refractivity contribution in [2.24, 2.45) is 0 Å². The normalized spacial score (nSPS) is 10.3. The van der Waals surface area contributed by atoms with Crippen LogP contribution in [0.15, 0.2) is 16.7 Å². The highest BCUT2D eigenvalue weighted by molar-refractivity contribution is 9.10. The molecule has 0 spiro atoms. The molecule has 0 fully saturated rings. The Morgan fingerprint density at radius 1 is 1.53 bits per heavy atom. The Morgan fingerprint density at radius 3 is 3.07 bits per heavy atom. The molecule has 5 heteroatoms. The van der Waals surface area contributed by atoms with Gasteiger partial charge in [0.2, 0.25) is 0 Å². The number of anilines is 1. The second-order valence-corrected chi connectivity index (χ2v) is 4.85. The van der Waals surface area contributed by atoms with E-state index in [0.29, 0.717) is 0 Å². The van der Waals surface area contributed by atoms with E-state index in [2.05, 4.69) is 37.3 Å². The molecule has 0 atom stereocenters. The summed E-state index contributed by atoms with van der Waals surface area (Å²) in [6.07, 6.45) is 4.21. The third-order valence-electron chi connectivity index (χ3n) is 1.92. The summed E-state index contributed by atoms with van der Waals surface area (Å²) in [5.74, 6) is 0. The molecule has 3 nitrogen and oxygen atoms in total. The van der Waals surface area contributed by atoms with Crippen LogP contribution in [0.25, 0.3) is 0 Å². The highest BCUT2D eigenvalue weighted by Gasteiger charge is 1.99. The average molecular weight is 290 g/mol. The summed E-state index contributed by atoms with van der Waals surface area (Å²) in [6.45, 7) is 5.19. The fourth-order valence-corrected chi connectivity index (χ4v) is 1.97. The zero-order valence-electron chi connectivity index (χ0n) is 9.01. The minimum Gasteiger partial charge on any atom is -0.315 e. The van der Waals surface area contributed by atoms with E-state index in [1.807, 2.05) is 13.0 Å². The Balaban J connectivity index is 2.33. The van der Waals surface area contributed by atoms with Crippen LogP contribution in [0.2, 0.25) is 0 Å². The van der Waals surface area contributed by atoms with Gasteiger partial charge in [0.25, 0.3) is 0 Å². The molecular weight excluding hydrogens is 274 g/mol. The molecule has 2 N–H and O–H groups in total. The molecule has 0 saturated carbocycles. The van der Waals surface area contributed by atoms with Gasteiger partial charge in [0.1, 0.15) is 0 Å². The van der Waals surface area contributed by atoms with Crippen LogP contribution in [-0.2, 0) is 0 Å². The fraction of sp³-hybridized carbons (Fsp3) is 0.500. The second-order valence-electron chi connectivity index (χ2n) is 3.24. The van der Waals surface area contributed by atoms with Gasteiger partial charge in [-0.2, -0.15) is 0 Å². The largest absolute Gasteiger partial charge is 0.315 e. The smallest absolute Gasteiger partial charge is 0.0676 e. The zero-order chi connectivity index (χ0) is 11.1. The van der Waals surface area contributed by atoms with Crippen molar-refractivity contribution in [2.45, 2.75) is 26.7 Å². The van der Waals surface area contributed by atoms with Gasteiger partial charge in [-0.3, -0.25) is 4.98 Å². The van der Waals surface area contributed by atoms with Gasteiger partial charge in [0, 0.05) is 29.3 Å². The number of unbranched alkanes of at least 4 members (excludes halogenated alkanes) is 1. The van der Waals surface area contributed by atoms with Crippen molar-refractivity contribution < 1.29 is 0 Å². The number of aromatic nitrogens is 1. The Morgan fingerprint density at radius 2 is 2.33 bits per heavy atom. The van der Waals surface area contributed by atoms with E-state index in [0.717, 1.165) is 22.4 Å². The summed E-state index contributed by atoms with van der Waals surface area (Å²) in [7, 11) is 0. The Labute approximate surface area is 104 Å². The van der Waals surface area contributed by atoms with Crippen LogP contribution in [0.1, 0.15) is 25.5 Å². The van der Waals surface area contributed by atoms with E-state index in [4.69, 9.17) is 0 Å². The van der Waals surface area contributed by atoms with Crippen molar-refractivity contribution in [3.8, 4) is 0 Å². The van der Waals surface area contributed by atoms with Crippen molar-refractivity contribution in [3.63, 3.8) is 0 Å². The average Bonchev–Trinajstić information content (AvgIpc) is 2.23. The van der Waals surface area contributed by atoms with Crippen LogP contribution in [0.5, 0.6) is 0 Å². The number of nitrogens with one attached hydrogen (secondary N) is 2. The van der Waals surface area contributed by atoms with Gasteiger partial charge < -0.3 is 4.72 Å². The molecule has 0 aliphatic rings. The number of hydrogen-bond acceptors (Lipinski definition) is 4. The Hall–Kier alpha value is -0.260. The predicted octanol–water partition coefficient (Wildman–Crippen LogP) is 3.52. The molecule has 0 unspecified atom stereocenters. The lowest BCUT2D eigenvalue weighted by molar-refractivity contribution is 0.777. The Bertz CT molecular complexity index is 307. The Kier molecular flexibility index (Phi) is 6.05. The summed E-state index contributed by atoms with van der Waals surface area (Å²) in [6, 6.07) is 2.02. The van der Waals surface area contributed by atoms with E-state index < -0.39 is 0 Å². The molecule has 0 aliphatic heterocycles. The summed E-state index contributed by atoms with van der Waals surface area (Å²) in [5, 5.41) is 0. The molecule has 84 valence electrons. The zero-order valence-corrected chi connectivity index (χ0v) is 11.4. The lowest BCUT2D eigenvalue weighted by Gasteiger charge is -2.08. The number of pyridine rings is 1. The minimum atomic E-state index is 0.991. The fourth-order valence-electron chi connectivity index (χ4n) is 1.00. The molecule has 1 heterocycles. The van der Waals surface area contributed by atoms with E-state index in [-0.39, 0.29) is 0 Å². The van der Waals surface area contributed by atoms with Crippen molar-refractivity contribution in [2.75, 3.05) is 11.3 Å². The second kappa shape index (κ2) is 7.09. The van der Waals surface area contributed by atoms with Gasteiger partial charge >= 0.3 is 0 Å². The number of rotatable bonds is 6. The third-order valence-corrected chi connectivity index (χ3v) is 3.02. The maximum atomic E-state index is 4.24. The SMILES string of the molecule is CCCCNSNc1cc(Br)cnc1C. The van der Waals surface area contributed by atoms with Gasteiger partial charge in [-0.15, -0.1) is 0 Å². The van der Waals surface area contributed by atoms with Gasteiger partial charge in [0.05, 0.1) is 11.4 Å². The molecule has 0 aromatic carbocycles. The van der Waals surface area contributed by atoms with Crippen LogP contribution in [0.3, 0.4) is 0 Å². The number of halogens is 1. The lowest BCUT2D eigenvalue weighted by atomic mass is 10.3. The molecule has 0 saturated heterocycles. The standard InChI is InChI=1S/C10H16BrN3S/c1-3-4-5-13-15-14-10-6-9(11)7-12-8(10)2/h6-7,13-14H,3-5H2,1-2H3. The predicted molar refractivity (Wildman–Crippen MR) is 70.8 cm³/mol. The first kappa shape index (κ1) is 12.8. The topological polar surface area (TPSA) is 37.0 Å². The summed E-state index contributed by atoms with van der Waals surface area (Å²) >= 11 is 4.91. The first-order valence-corrected chi connectivity index (χ1v) is 6.62. The maximum absolute atomic E-state index is 4.24. The van der Waals surface area contributed by atoms with Crippen LogP contribution in [0, 0.1) is 6.92 Å². The van der Waals surface area contributed by atoms with Crippen molar-refractivity contribution in [3.05, 3.63) is 22.4 Å². The lowest BCUT2D eigenvalue weighted by Crippen LogP contribution is -2.08. The molecule has 0 bridgehead atoms. The summed E-state index contributed by atoms with van der Waals surface area (Å²) in [4.78, 5) is 4.24. The number of hydrogen-bond donors (Lipinski definition) is 2. The van der Waals surface area contributed by atoms with Gasteiger partial charge in [-0.25, -0.2) is 4.72 Å². The highest BCUT2D eigenvalue weighted by Crippen LogP contribution is 2.19. The molecule has 0 radical (unpaired) electrons. The monoisotopic (exact) mass is 289 g/mol. The molecule has 1 aromatic rings. The van der Waals surface area contributed by atoms with Gasteiger partial charge in [-0.1, -0.05) is 13.3 Å². The molecule has 0 amide bonds. The van der Waals surface area contributed by atoms with Crippen LogP contribution in [0.4, 0.5) is 5.69 Å². The van der Waals surface area contributed by atoms with E-state index in [1.54, 1.807) is 6.20 Å². The molecule has 0 aliphatic carbocycles. The van der Waals surface area contributed by atoms with Crippen LogP contribution < -0.4 is 9.44 Å². The minimum absolute atomic E-state index is 0.991. The number of aryl methyl sites for hydroxylation is 1. The molecule has 1 aromatic heterocycles. The molecule has 1 rings (SSSR count). The quantitative estimate of drug-likeness (QED) is 0.621. The van der Waals surface area contributed by atoms with E-state index in [1.165, 1.54) is 25.0 Å². The van der Waals surface area contributed by atoms with Crippen molar-refractivity contribution >= 4 is 33.8 Å². The van der Waals surface area contributed by atoms with Crippen LogP contribution in [-0.4, -0.2) is 11.5 Å². The first-order chi connectivity index (χ1) is 7.24. The van der Waals surface area contributed by atoms with Gasteiger partial charge in [0.15, 0.2) is 0 Å². The summed E-state index contributed by atoms with van der Waals surface area (Å²) in [5.41, 5.74) is 2.04. The van der Waals surface area contributed by atoms with Crippen molar-refractivity contribution in [1.29, 1.82) is 0 Å². The molecule has 15 heavy (non-hydrogen) atoms. The third kappa shape index (κ3) is 4.86. The van der Waals surface area contributed by atoms with Gasteiger partial charge in [-0.05, 0) is 35.3 Å². The van der Waals surface area contributed by atoms with E-state index >= 15 is 0 Å². The maximum Gasteiger partial charge on any atom is 0.0676 e.